The van der Waals surface area contributed by atoms with Gasteiger partial charge >= 0.3 is 0 Å². The van der Waals surface area contributed by atoms with E-state index >= 15 is 0 Å². The summed E-state index contributed by atoms with van der Waals surface area (Å²) in [6, 6.07) is 6.41. The summed E-state index contributed by atoms with van der Waals surface area (Å²) in [7, 11) is 0. The summed E-state index contributed by atoms with van der Waals surface area (Å²) in [6.45, 7) is 8.60. The lowest BCUT2D eigenvalue weighted by molar-refractivity contribution is 0.190. The first-order chi connectivity index (χ1) is 8.60. The number of benzene rings is 1. The normalized spacial score (nSPS) is 12.9. The first-order valence-corrected chi connectivity index (χ1v) is 7.59. The van der Waals surface area contributed by atoms with E-state index in [0.717, 1.165) is 29.5 Å². The van der Waals surface area contributed by atoms with Crippen LogP contribution in [0.2, 0.25) is 0 Å². The average molecular weight is 314 g/mol. The van der Waals surface area contributed by atoms with Gasteiger partial charge in [0.05, 0.1) is 4.47 Å². The van der Waals surface area contributed by atoms with E-state index in [4.69, 9.17) is 0 Å². The van der Waals surface area contributed by atoms with E-state index in [0.29, 0.717) is 11.8 Å². The van der Waals surface area contributed by atoms with Crippen molar-refractivity contribution in [3.05, 3.63) is 28.2 Å². The minimum Gasteiger partial charge on any atom is -0.506 e. The van der Waals surface area contributed by atoms with Crippen LogP contribution in [0.1, 0.15) is 45.6 Å². The van der Waals surface area contributed by atoms with Crippen LogP contribution in [0, 0.1) is 0 Å². The molecule has 0 aliphatic rings. The second kappa shape index (κ2) is 7.80. The van der Waals surface area contributed by atoms with Gasteiger partial charge in [0.1, 0.15) is 5.75 Å². The molecule has 1 aromatic carbocycles. The number of rotatable bonds is 7. The zero-order chi connectivity index (χ0) is 13.5. The Kier molecular flexibility index (Phi) is 6.72. The number of aromatic hydroxyl groups is 1. The van der Waals surface area contributed by atoms with Crippen LogP contribution in [0.15, 0.2) is 22.7 Å². The molecule has 0 fully saturated rings. The van der Waals surface area contributed by atoms with Gasteiger partial charge in [0, 0.05) is 18.2 Å². The highest BCUT2D eigenvalue weighted by atomic mass is 79.9. The Balaban J connectivity index is 2.78. The van der Waals surface area contributed by atoms with Gasteiger partial charge in [0.2, 0.25) is 0 Å². The van der Waals surface area contributed by atoms with Crippen LogP contribution in [-0.4, -0.2) is 22.6 Å². The molecule has 0 heterocycles. The van der Waals surface area contributed by atoms with Gasteiger partial charge in [0.25, 0.3) is 0 Å². The Morgan fingerprint density at radius 2 is 2.06 bits per heavy atom. The summed E-state index contributed by atoms with van der Waals surface area (Å²) in [4.78, 5) is 2.45. The number of hydrogen-bond acceptors (Lipinski definition) is 2. The molecule has 0 radical (unpaired) electrons. The average Bonchev–Trinajstić information content (AvgIpc) is 2.38. The van der Waals surface area contributed by atoms with Crippen molar-refractivity contribution in [1.82, 2.24) is 4.90 Å². The molecule has 0 aliphatic carbocycles. The van der Waals surface area contributed by atoms with E-state index < -0.39 is 0 Å². The topological polar surface area (TPSA) is 23.5 Å². The number of hydrogen-bond donors (Lipinski definition) is 1. The van der Waals surface area contributed by atoms with Crippen LogP contribution in [0.5, 0.6) is 5.75 Å². The molecule has 0 saturated heterocycles. The largest absolute Gasteiger partial charge is 0.506 e. The molecular formula is C15H24BrNO. The molecule has 102 valence electrons. The van der Waals surface area contributed by atoms with Crippen molar-refractivity contribution in [2.24, 2.45) is 0 Å². The molecule has 18 heavy (non-hydrogen) atoms. The number of halogens is 1. The van der Waals surface area contributed by atoms with E-state index in [1.165, 1.54) is 12.8 Å². The number of para-hydroxylation sites is 1. The molecule has 0 saturated carbocycles. The summed E-state index contributed by atoms with van der Waals surface area (Å²) < 4.78 is 0.777. The lowest BCUT2D eigenvalue weighted by Gasteiger charge is -2.28. The van der Waals surface area contributed by atoms with Crippen molar-refractivity contribution < 1.29 is 5.11 Å². The Bertz CT molecular complexity index is 368. The summed E-state index contributed by atoms with van der Waals surface area (Å²) in [5.41, 5.74) is 1.00. The fourth-order valence-electron chi connectivity index (χ4n) is 1.98. The molecule has 0 spiro atoms. The van der Waals surface area contributed by atoms with Crippen LogP contribution in [-0.2, 0) is 6.54 Å². The summed E-state index contributed by atoms with van der Waals surface area (Å²) >= 11 is 3.37. The molecule has 1 rings (SSSR count). The molecule has 0 aliphatic heterocycles. The van der Waals surface area contributed by atoms with E-state index in [2.05, 4.69) is 41.6 Å². The third kappa shape index (κ3) is 4.29. The monoisotopic (exact) mass is 313 g/mol. The SMILES string of the molecule is CCCCN(Cc1cccc(Br)c1O)C(C)CC. The van der Waals surface area contributed by atoms with Gasteiger partial charge in [-0.1, -0.05) is 32.4 Å². The minimum atomic E-state index is 0.377. The maximum absolute atomic E-state index is 10.1. The van der Waals surface area contributed by atoms with E-state index in [9.17, 15) is 5.11 Å². The van der Waals surface area contributed by atoms with Crippen molar-refractivity contribution in [3.63, 3.8) is 0 Å². The highest BCUT2D eigenvalue weighted by Gasteiger charge is 2.14. The van der Waals surface area contributed by atoms with Gasteiger partial charge in [-0.25, -0.2) is 0 Å². The number of unbranched alkanes of at least 4 members (excludes halogenated alkanes) is 1. The molecule has 0 bridgehead atoms. The van der Waals surface area contributed by atoms with E-state index in [1.54, 1.807) is 0 Å². The Morgan fingerprint density at radius 3 is 2.67 bits per heavy atom. The maximum atomic E-state index is 10.1. The summed E-state index contributed by atoms with van der Waals surface area (Å²) in [5.74, 6) is 0.377. The number of phenols is 1. The Labute approximate surface area is 119 Å². The molecule has 3 heteroatoms. The zero-order valence-electron chi connectivity index (χ0n) is 11.6. The third-order valence-electron chi connectivity index (χ3n) is 3.46. The van der Waals surface area contributed by atoms with Gasteiger partial charge in [-0.05, 0) is 48.3 Å². The first-order valence-electron chi connectivity index (χ1n) is 6.80. The highest BCUT2D eigenvalue weighted by Crippen LogP contribution is 2.29. The smallest absolute Gasteiger partial charge is 0.134 e. The van der Waals surface area contributed by atoms with Crippen molar-refractivity contribution in [2.45, 2.75) is 52.6 Å². The summed E-state index contributed by atoms with van der Waals surface area (Å²) in [5, 5.41) is 10.1. The van der Waals surface area contributed by atoms with Crippen LogP contribution >= 0.6 is 15.9 Å². The number of nitrogens with zero attached hydrogens (tertiary/aromatic N) is 1. The van der Waals surface area contributed by atoms with Gasteiger partial charge < -0.3 is 5.11 Å². The minimum absolute atomic E-state index is 0.377. The number of phenolic OH excluding ortho intramolecular Hbond substituents is 1. The molecule has 1 atom stereocenters. The molecule has 0 aromatic heterocycles. The molecule has 2 nitrogen and oxygen atoms in total. The maximum Gasteiger partial charge on any atom is 0.134 e. The van der Waals surface area contributed by atoms with Gasteiger partial charge in [-0.3, -0.25) is 4.90 Å². The molecule has 0 amide bonds. The fraction of sp³-hybridized carbons (Fsp3) is 0.600. The van der Waals surface area contributed by atoms with Crippen LogP contribution in [0.25, 0.3) is 0 Å². The Hall–Kier alpha value is -0.540. The highest BCUT2D eigenvalue weighted by molar-refractivity contribution is 9.10. The van der Waals surface area contributed by atoms with E-state index in [-0.39, 0.29) is 0 Å². The lowest BCUT2D eigenvalue weighted by Crippen LogP contribution is -2.33. The molecule has 1 aromatic rings. The van der Waals surface area contributed by atoms with Crippen LogP contribution in [0.3, 0.4) is 0 Å². The first kappa shape index (κ1) is 15.5. The quantitative estimate of drug-likeness (QED) is 0.798. The third-order valence-corrected chi connectivity index (χ3v) is 4.10. The van der Waals surface area contributed by atoms with E-state index in [1.807, 2.05) is 18.2 Å². The second-order valence-electron chi connectivity index (χ2n) is 4.83. The van der Waals surface area contributed by atoms with Crippen molar-refractivity contribution >= 4 is 15.9 Å². The fourth-order valence-corrected chi connectivity index (χ4v) is 2.39. The van der Waals surface area contributed by atoms with Crippen molar-refractivity contribution in [1.29, 1.82) is 0 Å². The summed E-state index contributed by atoms with van der Waals surface area (Å²) in [6.07, 6.45) is 3.55. The van der Waals surface area contributed by atoms with Crippen molar-refractivity contribution in [3.8, 4) is 5.75 Å². The zero-order valence-corrected chi connectivity index (χ0v) is 13.2. The predicted octanol–water partition coefficient (Wildman–Crippen LogP) is 4.56. The molecule has 1 N–H and O–H groups in total. The van der Waals surface area contributed by atoms with Gasteiger partial charge in [0.15, 0.2) is 0 Å². The van der Waals surface area contributed by atoms with Crippen LogP contribution < -0.4 is 0 Å². The molecule has 1 unspecified atom stereocenters. The lowest BCUT2D eigenvalue weighted by atomic mass is 10.1. The van der Waals surface area contributed by atoms with Gasteiger partial charge in [-0.15, -0.1) is 0 Å². The molecular weight excluding hydrogens is 290 g/mol. The van der Waals surface area contributed by atoms with Crippen molar-refractivity contribution in [2.75, 3.05) is 6.54 Å². The van der Waals surface area contributed by atoms with Gasteiger partial charge in [-0.2, -0.15) is 0 Å². The van der Waals surface area contributed by atoms with Crippen LogP contribution in [0.4, 0.5) is 0 Å². The Morgan fingerprint density at radius 1 is 1.33 bits per heavy atom. The second-order valence-corrected chi connectivity index (χ2v) is 5.68. The standard InChI is InChI=1S/C15H24BrNO/c1-4-6-10-17(12(3)5-2)11-13-8-7-9-14(16)15(13)18/h7-9,12,18H,4-6,10-11H2,1-3H3. The predicted molar refractivity (Wildman–Crippen MR) is 80.9 cm³/mol.